The first kappa shape index (κ1) is 17.9. The predicted molar refractivity (Wildman–Crippen MR) is 86.3 cm³/mol. The van der Waals surface area contributed by atoms with E-state index in [9.17, 15) is 0 Å². The largest absolute Gasteiger partial charge is 0.380 e. The smallest absolute Gasteiger partial charge is 0.0593 e. The molecule has 0 aromatic rings. The maximum absolute atomic E-state index is 5.71. The molecule has 0 aromatic carbocycles. The minimum atomic E-state index is 0.415. The highest BCUT2D eigenvalue weighted by molar-refractivity contribution is 4.76. The number of hydrogen-bond acceptors (Lipinski definition) is 4. The number of nitrogens with one attached hydrogen (secondary N) is 1. The Bertz CT molecular complexity index is 232. The third-order valence-electron chi connectivity index (χ3n) is 3.68. The van der Waals surface area contributed by atoms with Gasteiger partial charge < -0.3 is 15.0 Å². The van der Waals surface area contributed by atoms with Crippen molar-refractivity contribution in [2.45, 2.75) is 33.6 Å². The second kappa shape index (κ2) is 9.72. The summed E-state index contributed by atoms with van der Waals surface area (Å²) in [5, 5.41) is 3.16. The lowest BCUT2D eigenvalue weighted by Gasteiger charge is -2.37. The second-order valence-corrected chi connectivity index (χ2v) is 7.10. The van der Waals surface area contributed by atoms with Gasteiger partial charge in [-0.05, 0) is 31.8 Å². The zero-order valence-electron chi connectivity index (χ0n) is 14.1. The first-order valence-corrected chi connectivity index (χ1v) is 8.18. The molecule has 0 aromatic heterocycles. The Morgan fingerprint density at radius 3 is 2.20 bits per heavy atom. The van der Waals surface area contributed by atoms with Gasteiger partial charge >= 0.3 is 0 Å². The molecule has 0 saturated carbocycles. The van der Waals surface area contributed by atoms with Gasteiger partial charge in [0.05, 0.1) is 6.61 Å². The molecule has 1 fully saturated rings. The molecule has 0 unspecified atom stereocenters. The molecule has 4 nitrogen and oxygen atoms in total. The van der Waals surface area contributed by atoms with Crippen LogP contribution in [0.5, 0.6) is 0 Å². The number of ether oxygens (including phenoxy) is 1. The van der Waals surface area contributed by atoms with Crippen molar-refractivity contribution < 1.29 is 4.74 Å². The van der Waals surface area contributed by atoms with Gasteiger partial charge in [-0.15, -0.1) is 0 Å². The molecule has 20 heavy (non-hydrogen) atoms. The van der Waals surface area contributed by atoms with E-state index in [0.29, 0.717) is 5.41 Å². The van der Waals surface area contributed by atoms with E-state index in [2.05, 4.69) is 35.9 Å². The van der Waals surface area contributed by atoms with Crippen molar-refractivity contribution in [2.24, 2.45) is 5.41 Å². The SMILES string of the molecule is CNCCCCOCCN1CCN(CC(C)(C)C)CC1. The molecule has 120 valence electrons. The molecule has 1 saturated heterocycles. The van der Waals surface area contributed by atoms with Crippen molar-refractivity contribution >= 4 is 0 Å². The van der Waals surface area contributed by atoms with Gasteiger partial charge in [0.25, 0.3) is 0 Å². The number of unbranched alkanes of at least 4 members (excludes halogenated alkanes) is 1. The third-order valence-corrected chi connectivity index (χ3v) is 3.68. The average molecular weight is 285 g/mol. The van der Waals surface area contributed by atoms with Crippen LogP contribution in [0.15, 0.2) is 0 Å². The molecule has 0 amide bonds. The maximum atomic E-state index is 5.71. The molecule has 4 heteroatoms. The highest BCUT2D eigenvalue weighted by Crippen LogP contribution is 2.16. The Balaban J connectivity index is 1.97. The fourth-order valence-electron chi connectivity index (χ4n) is 2.64. The van der Waals surface area contributed by atoms with Crippen LogP contribution in [0, 0.1) is 5.41 Å². The first-order chi connectivity index (χ1) is 9.51. The van der Waals surface area contributed by atoms with E-state index in [4.69, 9.17) is 4.74 Å². The van der Waals surface area contributed by atoms with Crippen LogP contribution in [0.2, 0.25) is 0 Å². The van der Waals surface area contributed by atoms with Crippen LogP contribution in [0.25, 0.3) is 0 Å². The van der Waals surface area contributed by atoms with Gasteiger partial charge in [0, 0.05) is 45.9 Å². The van der Waals surface area contributed by atoms with Crippen LogP contribution in [0.4, 0.5) is 0 Å². The summed E-state index contributed by atoms with van der Waals surface area (Å²) in [6.07, 6.45) is 2.38. The van der Waals surface area contributed by atoms with Gasteiger partial charge in [-0.1, -0.05) is 20.8 Å². The van der Waals surface area contributed by atoms with Gasteiger partial charge in [-0.25, -0.2) is 0 Å². The molecule has 0 aliphatic carbocycles. The Morgan fingerprint density at radius 1 is 0.950 bits per heavy atom. The van der Waals surface area contributed by atoms with E-state index in [1.54, 1.807) is 0 Å². The molecular weight excluding hydrogens is 250 g/mol. The van der Waals surface area contributed by atoms with Crippen molar-refractivity contribution in [1.29, 1.82) is 0 Å². The molecule has 1 heterocycles. The van der Waals surface area contributed by atoms with E-state index in [0.717, 1.165) is 26.3 Å². The van der Waals surface area contributed by atoms with Crippen molar-refractivity contribution in [3.05, 3.63) is 0 Å². The maximum Gasteiger partial charge on any atom is 0.0593 e. The lowest BCUT2D eigenvalue weighted by molar-refractivity contribution is 0.0641. The van der Waals surface area contributed by atoms with Gasteiger partial charge in [0.2, 0.25) is 0 Å². The summed E-state index contributed by atoms with van der Waals surface area (Å²) in [5.74, 6) is 0. The van der Waals surface area contributed by atoms with E-state index in [1.807, 2.05) is 7.05 Å². The van der Waals surface area contributed by atoms with Gasteiger partial charge in [0.1, 0.15) is 0 Å². The fourth-order valence-corrected chi connectivity index (χ4v) is 2.64. The van der Waals surface area contributed by atoms with Crippen molar-refractivity contribution in [3.8, 4) is 0 Å². The second-order valence-electron chi connectivity index (χ2n) is 7.10. The van der Waals surface area contributed by atoms with Crippen LogP contribution in [-0.4, -0.2) is 75.9 Å². The highest BCUT2D eigenvalue weighted by Gasteiger charge is 2.21. The molecule has 0 radical (unpaired) electrons. The minimum Gasteiger partial charge on any atom is -0.380 e. The monoisotopic (exact) mass is 285 g/mol. The fraction of sp³-hybridized carbons (Fsp3) is 1.00. The normalized spacial score (nSPS) is 18.6. The Kier molecular flexibility index (Phi) is 8.69. The van der Waals surface area contributed by atoms with Crippen molar-refractivity contribution in [2.75, 3.05) is 66.1 Å². The van der Waals surface area contributed by atoms with Gasteiger partial charge in [0.15, 0.2) is 0 Å². The zero-order valence-corrected chi connectivity index (χ0v) is 14.1. The summed E-state index contributed by atoms with van der Waals surface area (Å²) in [6, 6.07) is 0. The van der Waals surface area contributed by atoms with Crippen LogP contribution in [0.1, 0.15) is 33.6 Å². The molecule has 0 bridgehead atoms. The number of rotatable bonds is 9. The number of hydrogen-bond donors (Lipinski definition) is 1. The predicted octanol–water partition coefficient (Wildman–Crippen LogP) is 1.67. The standard InChI is InChI=1S/C16H35N3O/c1-16(2,3)15-19-10-8-18(9-11-19)12-14-20-13-6-5-7-17-4/h17H,5-15H2,1-4H3. The summed E-state index contributed by atoms with van der Waals surface area (Å²) in [4.78, 5) is 5.13. The topological polar surface area (TPSA) is 27.7 Å². The Hall–Kier alpha value is -0.160. The number of nitrogens with zero attached hydrogens (tertiary/aromatic N) is 2. The van der Waals surface area contributed by atoms with Gasteiger partial charge in [-0.3, -0.25) is 4.90 Å². The lowest BCUT2D eigenvalue weighted by Crippen LogP contribution is -2.49. The van der Waals surface area contributed by atoms with Crippen LogP contribution in [-0.2, 0) is 4.74 Å². The number of piperazine rings is 1. The molecule has 0 spiro atoms. The molecular formula is C16H35N3O. The van der Waals surface area contributed by atoms with E-state index < -0.39 is 0 Å². The average Bonchev–Trinajstić information content (AvgIpc) is 2.38. The Morgan fingerprint density at radius 2 is 1.60 bits per heavy atom. The lowest BCUT2D eigenvalue weighted by atomic mass is 9.96. The quantitative estimate of drug-likeness (QED) is 0.652. The molecule has 0 atom stereocenters. The van der Waals surface area contributed by atoms with Crippen LogP contribution in [0.3, 0.4) is 0 Å². The summed E-state index contributed by atoms with van der Waals surface area (Å²) in [5.41, 5.74) is 0.415. The van der Waals surface area contributed by atoms with Crippen molar-refractivity contribution in [1.82, 2.24) is 15.1 Å². The Labute approximate surface area is 125 Å². The summed E-state index contributed by atoms with van der Waals surface area (Å²) >= 11 is 0. The van der Waals surface area contributed by atoms with Crippen LogP contribution < -0.4 is 5.32 Å². The van der Waals surface area contributed by atoms with E-state index in [-0.39, 0.29) is 0 Å². The van der Waals surface area contributed by atoms with Gasteiger partial charge in [-0.2, -0.15) is 0 Å². The highest BCUT2D eigenvalue weighted by atomic mass is 16.5. The molecule has 1 aliphatic heterocycles. The molecule has 1 N–H and O–H groups in total. The molecule has 1 rings (SSSR count). The third kappa shape index (κ3) is 8.90. The molecule has 1 aliphatic rings. The van der Waals surface area contributed by atoms with Crippen molar-refractivity contribution in [3.63, 3.8) is 0 Å². The summed E-state index contributed by atoms with van der Waals surface area (Å²) in [7, 11) is 2.00. The van der Waals surface area contributed by atoms with E-state index in [1.165, 1.54) is 45.6 Å². The zero-order chi connectivity index (χ0) is 14.8. The first-order valence-electron chi connectivity index (χ1n) is 8.18. The van der Waals surface area contributed by atoms with E-state index >= 15 is 0 Å². The minimum absolute atomic E-state index is 0.415. The summed E-state index contributed by atoms with van der Waals surface area (Å²) in [6.45, 7) is 17.0. The van der Waals surface area contributed by atoms with Crippen LogP contribution >= 0.6 is 0 Å². The summed E-state index contributed by atoms with van der Waals surface area (Å²) < 4.78 is 5.71.